The summed E-state index contributed by atoms with van der Waals surface area (Å²) < 4.78 is 27.0. The van der Waals surface area contributed by atoms with E-state index in [1.165, 1.54) is 10.6 Å². The fourth-order valence-electron chi connectivity index (χ4n) is 5.74. The van der Waals surface area contributed by atoms with E-state index in [1.807, 2.05) is 56.3 Å². The zero-order chi connectivity index (χ0) is 31.9. The van der Waals surface area contributed by atoms with Crippen LogP contribution in [0.25, 0.3) is 0 Å². The monoisotopic (exact) mass is 657 g/mol. The minimum absolute atomic E-state index is 0.0457. The predicted octanol–water partition coefficient (Wildman–Crippen LogP) is 6.86. The topological polar surface area (TPSA) is 86.8 Å². The summed E-state index contributed by atoms with van der Waals surface area (Å²) in [5.41, 5.74) is 4.05. The Labute approximate surface area is 271 Å². The van der Waals surface area contributed by atoms with E-state index in [-0.39, 0.29) is 43.8 Å². The van der Waals surface area contributed by atoms with Gasteiger partial charge in [0.1, 0.15) is 6.04 Å². The summed E-state index contributed by atoms with van der Waals surface area (Å²) in [7, 11) is -3.60. The fraction of sp³-hybridized carbons (Fsp3) is 0.412. The molecule has 1 saturated carbocycles. The second-order valence-corrected chi connectivity index (χ2v) is 14.4. The highest BCUT2D eigenvalue weighted by Gasteiger charge is 2.32. The Balaban J connectivity index is 1.62. The van der Waals surface area contributed by atoms with Crippen molar-refractivity contribution in [3.8, 4) is 0 Å². The van der Waals surface area contributed by atoms with Crippen molar-refractivity contribution >= 4 is 50.7 Å². The Morgan fingerprint density at radius 2 is 1.68 bits per heavy atom. The van der Waals surface area contributed by atoms with Crippen LogP contribution in [0.15, 0.2) is 66.7 Å². The molecule has 0 radical (unpaired) electrons. The maximum atomic E-state index is 14.1. The van der Waals surface area contributed by atoms with Crippen LogP contribution in [0.3, 0.4) is 0 Å². The Morgan fingerprint density at radius 3 is 2.34 bits per heavy atom. The number of hydrogen-bond acceptors (Lipinski definition) is 4. The van der Waals surface area contributed by atoms with E-state index < -0.39 is 16.1 Å². The third-order valence-corrected chi connectivity index (χ3v) is 10.1. The van der Waals surface area contributed by atoms with Crippen LogP contribution < -0.4 is 9.62 Å². The summed E-state index contributed by atoms with van der Waals surface area (Å²) in [6, 6.07) is 19.6. The minimum atomic E-state index is -3.60. The van der Waals surface area contributed by atoms with Crippen LogP contribution in [0.5, 0.6) is 0 Å². The third kappa shape index (κ3) is 8.99. The number of carbonyl (C=O) groups is 2. The SMILES string of the molecule is Cc1cccc(N(CCCC(=O)N(Cc2ccc(Cl)cc2Cl)[C@H](Cc2ccccc2)C(=O)NC2CCCC2)S(C)(=O)=O)c1C. The molecule has 10 heteroatoms. The molecular formula is C34H41Cl2N3O4S. The number of nitrogens with one attached hydrogen (secondary N) is 1. The standard InChI is InChI=1S/C34H41Cl2N3O4S/c1-24-11-9-16-31(25(24)2)39(44(3,42)43)20-10-17-33(40)38(23-27-18-19-28(35)22-30(27)36)32(21-26-12-5-4-6-13-26)34(41)37-29-14-7-8-15-29/h4-6,9,11-13,16,18-19,22,29,32H,7-8,10,14-15,17,20-21,23H2,1-3H3,(H,37,41)/t32-/m1/s1. The number of hydrogen-bond donors (Lipinski definition) is 1. The first-order chi connectivity index (χ1) is 20.9. The van der Waals surface area contributed by atoms with E-state index in [0.717, 1.165) is 42.4 Å². The highest BCUT2D eigenvalue weighted by molar-refractivity contribution is 7.92. The van der Waals surface area contributed by atoms with Gasteiger partial charge in [-0.15, -0.1) is 0 Å². The minimum Gasteiger partial charge on any atom is -0.352 e. The van der Waals surface area contributed by atoms with Crippen LogP contribution in [0.1, 0.15) is 60.8 Å². The Kier molecular flexibility index (Phi) is 11.7. The van der Waals surface area contributed by atoms with Gasteiger partial charge in [-0.2, -0.15) is 0 Å². The molecule has 3 aromatic carbocycles. The Bertz CT molecular complexity index is 1560. The second kappa shape index (κ2) is 15.3. The second-order valence-electron chi connectivity index (χ2n) is 11.6. The van der Waals surface area contributed by atoms with Gasteiger partial charge in [-0.05, 0) is 73.6 Å². The summed E-state index contributed by atoms with van der Waals surface area (Å²) in [6.45, 7) is 4.06. The molecule has 7 nitrogen and oxygen atoms in total. The number of anilines is 1. The van der Waals surface area contributed by atoms with E-state index in [4.69, 9.17) is 23.2 Å². The molecule has 1 N–H and O–H groups in total. The molecule has 44 heavy (non-hydrogen) atoms. The molecule has 236 valence electrons. The van der Waals surface area contributed by atoms with Gasteiger partial charge < -0.3 is 10.2 Å². The zero-order valence-electron chi connectivity index (χ0n) is 25.6. The first kappa shape index (κ1) is 33.8. The summed E-state index contributed by atoms with van der Waals surface area (Å²) in [4.78, 5) is 29.6. The van der Waals surface area contributed by atoms with Crippen molar-refractivity contribution < 1.29 is 18.0 Å². The molecule has 4 rings (SSSR count). The van der Waals surface area contributed by atoms with E-state index in [9.17, 15) is 18.0 Å². The maximum absolute atomic E-state index is 14.1. The normalized spacial score (nSPS) is 14.3. The maximum Gasteiger partial charge on any atom is 0.243 e. The number of carbonyl (C=O) groups excluding carboxylic acids is 2. The molecule has 0 bridgehead atoms. The number of halogens is 2. The van der Waals surface area contributed by atoms with Gasteiger partial charge >= 0.3 is 0 Å². The number of aryl methyl sites for hydroxylation is 1. The van der Waals surface area contributed by atoms with Crippen LogP contribution in [0.2, 0.25) is 10.0 Å². The molecule has 0 aliphatic heterocycles. The quantitative estimate of drug-likeness (QED) is 0.218. The molecule has 0 saturated heterocycles. The number of sulfonamides is 1. The van der Waals surface area contributed by atoms with E-state index in [2.05, 4.69) is 5.32 Å². The van der Waals surface area contributed by atoms with Crippen LogP contribution in [-0.4, -0.2) is 50.0 Å². The van der Waals surface area contributed by atoms with E-state index in [1.54, 1.807) is 29.2 Å². The molecule has 3 aromatic rings. The summed E-state index contributed by atoms with van der Waals surface area (Å²) >= 11 is 12.7. The van der Waals surface area contributed by atoms with Crippen LogP contribution in [-0.2, 0) is 32.6 Å². The van der Waals surface area contributed by atoms with Gasteiger partial charge in [0.2, 0.25) is 21.8 Å². The van der Waals surface area contributed by atoms with Gasteiger partial charge in [0.05, 0.1) is 11.9 Å². The van der Waals surface area contributed by atoms with Gasteiger partial charge in [-0.1, -0.05) is 84.6 Å². The Morgan fingerprint density at radius 1 is 0.977 bits per heavy atom. The average molecular weight is 659 g/mol. The highest BCUT2D eigenvalue weighted by atomic mass is 35.5. The number of nitrogens with zero attached hydrogens (tertiary/aromatic N) is 2. The van der Waals surface area contributed by atoms with Crippen LogP contribution >= 0.6 is 23.2 Å². The lowest BCUT2D eigenvalue weighted by Crippen LogP contribution is -2.52. The highest BCUT2D eigenvalue weighted by Crippen LogP contribution is 2.27. The Hall–Kier alpha value is -3.07. The van der Waals surface area contributed by atoms with Crippen molar-refractivity contribution in [1.82, 2.24) is 10.2 Å². The van der Waals surface area contributed by atoms with Gasteiger partial charge in [0, 0.05) is 42.0 Å². The molecule has 0 unspecified atom stereocenters. The van der Waals surface area contributed by atoms with Crippen molar-refractivity contribution in [3.05, 3.63) is 99.0 Å². The van der Waals surface area contributed by atoms with Gasteiger partial charge in [0.15, 0.2) is 0 Å². The zero-order valence-corrected chi connectivity index (χ0v) is 27.9. The third-order valence-electron chi connectivity index (χ3n) is 8.33. The average Bonchev–Trinajstić information content (AvgIpc) is 3.48. The summed E-state index contributed by atoms with van der Waals surface area (Å²) in [5.74, 6) is -0.458. The number of benzene rings is 3. The number of rotatable bonds is 13. The molecule has 1 atom stereocenters. The molecule has 2 amide bonds. The van der Waals surface area contributed by atoms with Crippen LogP contribution in [0.4, 0.5) is 5.69 Å². The van der Waals surface area contributed by atoms with Crippen molar-refractivity contribution in [2.75, 3.05) is 17.1 Å². The smallest absolute Gasteiger partial charge is 0.243 e. The molecule has 1 aliphatic rings. The lowest BCUT2D eigenvalue weighted by molar-refractivity contribution is -0.141. The van der Waals surface area contributed by atoms with Gasteiger partial charge in [-0.3, -0.25) is 13.9 Å². The van der Waals surface area contributed by atoms with Crippen molar-refractivity contribution in [1.29, 1.82) is 0 Å². The lowest BCUT2D eigenvalue weighted by atomic mass is 10.0. The van der Waals surface area contributed by atoms with Gasteiger partial charge in [0.25, 0.3) is 0 Å². The molecule has 0 heterocycles. The summed E-state index contributed by atoms with van der Waals surface area (Å²) in [6.07, 6.45) is 5.78. The van der Waals surface area contributed by atoms with Crippen molar-refractivity contribution in [2.45, 2.75) is 77.4 Å². The van der Waals surface area contributed by atoms with Crippen LogP contribution in [0, 0.1) is 13.8 Å². The predicted molar refractivity (Wildman–Crippen MR) is 179 cm³/mol. The van der Waals surface area contributed by atoms with E-state index in [0.29, 0.717) is 27.7 Å². The molecule has 0 aromatic heterocycles. The fourth-order valence-corrected chi connectivity index (χ4v) is 7.23. The number of amides is 2. The first-order valence-corrected chi connectivity index (χ1v) is 17.7. The molecule has 1 aliphatic carbocycles. The lowest BCUT2D eigenvalue weighted by Gasteiger charge is -2.33. The van der Waals surface area contributed by atoms with Crippen molar-refractivity contribution in [3.63, 3.8) is 0 Å². The van der Waals surface area contributed by atoms with Crippen molar-refractivity contribution in [2.24, 2.45) is 0 Å². The van der Waals surface area contributed by atoms with E-state index >= 15 is 0 Å². The summed E-state index contributed by atoms with van der Waals surface area (Å²) in [5, 5.41) is 4.08. The molecule has 1 fully saturated rings. The molecule has 0 spiro atoms. The first-order valence-electron chi connectivity index (χ1n) is 15.1. The molecular weight excluding hydrogens is 617 g/mol. The van der Waals surface area contributed by atoms with Gasteiger partial charge in [-0.25, -0.2) is 8.42 Å². The largest absolute Gasteiger partial charge is 0.352 e.